The zero-order chi connectivity index (χ0) is 10.9. The largest absolute Gasteiger partial charge is 0.480 e. The number of halogens is 2. The minimum atomic E-state index is -1.68. The zero-order valence-electron chi connectivity index (χ0n) is 7.42. The molecule has 3 N–H and O–H groups in total. The lowest BCUT2D eigenvalue weighted by atomic mass is 9.93. The molecule has 1 rings (SSSR count). The highest BCUT2D eigenvalue weighted by Crippen LogP contribution is 2.28. The fraction of sp³-hybridized carbons (Fsp3) is 0.222. The van der Waals surface area contributed by atoms with Crippen molar-refractivity contribution < 1.29 is 14.3 Å². The van der Waals surface area contributed by atoms with Gasteiger partial charge in [-0.15, -0.1) is 0 Å². The third kappa shape index (κ3) is 1.71. The van der Waals surface area contributed by atoms with E-state index in [0.717, 1.165) is 6.07 Å². The van der Waals surface area contributed by atoms with Gasteiger partial charge in [0.05, 0.1) is 5.02 Å². The molecule has 0 aliphatic heterocycles. The van der Waals surface area contributed by atoms with E-state index in [2.05, 4.69) is 0 Å². The summed E-state index contributed by atoms with van der Waals surface area (Å²) in [5.74, 6) is -1.94. The molecule has 0 saturated carbocycles. The maximum absolute atomic E-state index is 13.0. The number of carbonyl (C=O) groups is 1. The van der Waals surface area contributed by atoms with E-state index >= 15 is 0 Å². The first-order chi connectivity index (χ1) is 6.37. The van der Waals surface area contributed by atoms with Gasteiger partial charge in [0.15, 0.2) is 0 Å². The number of rotatable bonds is 2. The van der Waals surface area contributed by atoms with Gasteiger partial charge >= 0.3 is 5.97 Å². The topological polar surface area (TPSA) is 63.3 Å². The maximum Gasteiger partial charge on any atom is 0.328 e. The second kappa shape index (κ2) is 3.55. The molecule has 0 saturated heterocycles. The van der Waals surface area contributed by atoms with E-state index in [1.807, 2.05) is 0 Å². The Balaban J connectivity index is 3.33. The molecule has 14 heavy (non-hydrogen) atoms. The van der Waals surface area contributed by atoms with E-state index in [1.54, 1.807) is 0 Å². The van der Waals surface area contributed by atoms with Crippen LogP contribution in [0.2, 0.25) is 5.02 Å². The van der Waals surface area contributed by atoms with Crippen molar-refractivity contribution in [2.45, 2.75) is 12.5 Å². The van der Waals surface area contributed by atoms with Crippen LogP contribution in [0.1, 0.15) is 12.5 Å². The van der Waals surface area contributed by atoms with Gasteiger partial charge in [0.2, 0.25) is 0 Å². The Morgan fingerprint density at radius 3 is 2.71 bits per heavy atom. The molecule has 0 amide bonds. The van der Waals surface area contributed by atoms with Crippen LogP contribution in [0.3, 0.4) is 0 Å². The smallest absolute Gasteiger partial charge is 0.328 e. The molecule has 1 aromatic rings. The number of benzene rings is 1. The second-order valence-corrected chi connectivity index (χ2v) is 3.49. The normalized spacial score (nSPS) is 14.9. The molecular weight excluding hydrogens is 209 g/mol. The Bertz CT molecular complexity index is 379. The average Bonchev–Trinajstić information content (AvgIpc) is 2.09. The van der Waals surface area contributed by atoms with Crippen LogP contribution in [0.5, 0.6) is 0 Å². The molecule has 1 aromatic carbocycles. The zero-order valence-corrected chi connectivity index (χ0v) is 8.18. The van der Waals surface area contributed by atoms with Crippen LogP contribution >= 0.6 is 11.6 Å². The lowest BCUT2D eigenvalue weighted by Gasteiger charge is -2.20. The Kier molecular flexibility index (Phi) is 2.78. The number of carboxylic acid groups (broad SMARTS) is 1. The summed E-state index contributed by atoms with van der Waals surface area (Å²) in [6.07, 6.45) is 0. The van der Waals surface area contributed by atoms with Gasteiger partial charge in [0, 0.05) is 5.56 Å². The van der Waals surface area contributed by atoms with Crippen LogP contribution in [-0.2, 0) is 10.3 Å². The van der Waals surface area contributed by atoms with Crippen LogP contribution in [0.15, 0.2) is 18.2 Å². The van der Waals surface area contributed by atoms with Gasteiger partial charge < -0.3 is 10.8 Å². The molecule has 0 unspecified atom stereocenters. The van der Waals surface area contributed by atoms with Gasteiger partial charge in [0.1, 0.15) is 11.4 Å². The number of hydrogen-bond acceptors (Lipinski definition) is 2. The second-order valence-electron chi connectivity index (χ2n) is 3.11. The lowest BCUT2D eigenvalue weighted by molar-refractivity contribution is -0.143. The van der Waals surface area contributed by atoms with Crippen molar-refractivity contribution in [3.63, 3.8) is 0 Å². The third-order valence-electron chi connectivity index (χ3n) is 1.96. The molecule has 76 valence electrons. The molecular formula is C9H9ClFNO2. The molecule has 0 spiro atoms. The molecule has 0 fully saturated rings. The van der Waals surface area contributed by atoms with Gasteiger partial charge in [-0.05, 0) is 13.0 Å². The summed E-state index contributed by atoms with van der Waals surface area (Å²) < 4.78 is 13.0. The summed E-state index contributed by atoms with van der Waals surface area (Å²) in [6, 6.07) is 3.90. The molecule has 0 bridgehead atoms. The molecule has 0 aliphatic rings. The van der Waals surface area contributed by atoms with Crippen LogP contribution in [-0.4, -0.2) is 11.1 Å². The quantitative estimate of drug-likeness (QED) is 0.793. The van der Waals surface area contributed by atoms with Crippen molar-refractivity contribution >= 4 is 17.6 Å². The summed E-state index contributed by atoms with van der Waals surface area (Å²) in [7, 11) is 0. The summed E-state index contributed by atoms with van der Waals surface area (Å²) >= 11 is 5.60. The van der Waals surface area contributed by atoms with E-state index < -0.39 is 17.3 Å². The first-order valence-corrected chi connectivity index (χ1v) is 4.22. The summed E-state index contributed by atoms with van der Waals surface area (Å²) in [4.78, 5) is 10.8. The Labute approximate surface area is 85.3 Å². The monoisotopic (exact) mass is 217 g/mol. The third-order valence-corrected chi connectivity index (χ3v) is 2.34. The van der Waals surface area contributed by atoms with Crippen LogP contribution < -0.4 is 5.73 Å². The summed E-state index contributed by atoms with van der Waals surface area (Å²) in [5.41, 5.74) is 3.88. The van der Waals surface area contributed by atoms with E-state index in [9.17, 15) is 9.18 Å². The molecule has 5 heteroatoms. The highest BCUT2D eigenvalue weighted by molar-refractivity contribution is 6.31. The fourth-order valence-electron chi connectivity index (χ4n) is 1.02. The standard InChI is InChI=1S/C9H9ClFNO2/c1-9(12,8(13)14)5-3-2-4-6(11)7(5)10/h2-4H,12H2,1H3,(H,13,14)/t9-/m0/s1. The van der Waals surface area contributed by atoms with Crippen molar-refractivity contribution in [2.75, 3.05) is 0 Å². The molecule has 3 nitrogen and oxygen atoms in total. The Morgan fingerprint density at radius 2 is 2.21 bits per heavy atom. The van der Waals surface area contributed by atoms with Crippen LogP contribution in [0.25, 0.3) is 0 Å². The first kappa shape index (κ1) is 10.9. The van der Waals surface area contributed by atoms with Crippen molar-refractivity contribution in [3.8, 4) is 0 Å². The van der Waals surface area contributed by atoms with Gasteiger partial charge in [-0.2, -0.15) is 0 Å². The maximum atomic E-state index is 13.0. The van der Waals surface area contributed by atoms with E-state index in [-0.39, 0.29) is 10.6 Å². The van der Waals surface area contributed by atoms with E-state index in [0.29, 0.717) is 0 Å². The predicted octanol–water partition coefficient (Wildman–Crippen LogP) is 1.74. The van der Waals surface area contributed by atoms with Crippen LogP contribution in [0, 0.1) is 5.82 Å². The predicted molar refractivity (Wildman–Crippen MR) is 50.6 cm³/mol. The molecule has 0 aromatic heterocycles. The van der Waals surface area contributed by atoms with Crippen molar-refractivity contribution in [2.24, 2.45) is 5.73 Å². The van der Waals surface area contributed by atoms with Crippen molar-refractivity contribution in [1.29, 1.82) is 0 Å². The highest BCUT2D eigenvalue weighted by atomic mass is 35.5. The van der Waals surface area contributed by atoms with Gasteiger partial charge in [0.25, 0.3) is 0 Å². The molecule has 0 heterocycles. The van der Waals surface area contributed by atoms with Crippen molar-refractivity contribution in [3.05, 3.63) is 34.6 Å². The van der Waals surface area contributed by atoms with Crippen molar-refractivity contribution in [1.82, 2.24) is 0 Å². The first-order valence-electron chi connectivity index (χ1n) is 3.84. The minimum Gasteiger partial charge on any atom is -0.480 e. The average molecular weight is 218 g/mol. The molecule has 0 radical (unpaired) electrons. The lowest BCUT2D eigenvalue weighted by Crippen LogP contribution is -2.42. The minimum absolute atomic E-state index is 0.0617. The number of aliphatic carboxylic acids is 1. The fourth-order valence-corrected chi connectivity index (χ4v) is 1.34. The number of nitrogens with two attached hydrogens (primary N) is 1. The summed E-state index contributed by atoms with van der Waals surface area (Å²) in [6.45, 7) is 1.26. The number of hydrogen-bond donors (Lipinski definition) is 2. The highest BCUT2D eigenvalue weighted by Gasteiger charge is 2.33. The molecule has 1 atom stereocenters. The van der Waals surface area contributed by atoms with Gasteiger partial charge in [-0.3, -0.25) is 0 Å². The van der Waals surface area contributed by atoms with E-state index in [1.165, 1.54) is 19.1 Å². The SMILES string of the molecule is C[C@@](N)(C(=O)O)c1cccc(F)c1Cl. The van der Waals surface area contributed by atoms with Gasteiger partial charge in [-0.1, -0.05) is 23.7 Å². The van der Waals surface area contributed by atoms with Crippen LogP contribution in [0.4, 0.5) is 4.39 Å². The number of carboxylic acids is 1. The molecule has 0 aliphatic carbocycles. The van der Waals surface area contributed by atoms with Gasteiger partial charge in [-0.25, -0.2) is 9.18 Å². The summed E-state index contributed by atoms with van der Waals surface area (Å²) in [5, 5.41) is 8.55. The Morgan fingerprint density at radius 1 is 1.64 bits per heavy atom. The Hall–Kier alpha value is -1.13. The van der Waals surface area contributed by atoms with E-state index in [4.69, 9.17) is 22.4 Å².